The van der Waals surface area contributed by atoms with Crippen LogP contribution in [0.2, 0.25) is 0 Å². The highest BCUT2D eigenvalue weighted by molar-refractivity contribution is 5.80. The summed E-state index contributed by atoms with van der Waals surface area (Å²) in [6.45, 7) is 12.6. The maximum atomic E-state index is 4.77. The number of likely N-dealkylation sites (tertiary alicyclic amines) is 1. The molecule has 0 bridgehead atoms. The van der Waals surface area contributed by atoms with Crippen molar-refractivity contribution in [3.05, 3.63) is 35.4 Å². The number of guanidine groups is 1. The van der Waals surface area contributed by atoms with Gasteiger partial charge in [-0.2, -0.15) is 0 Å². The van der Waals surface area contributed by atoms with Crippen LogP contribution in [0.3, 0.4) is 0 Å². The van der Waals surface area contributed by atoms with E-state index >= 15 is 0 Å². The lowest BCUT2D eigenvalue weighted by Crippen LogP contribution is -2.41. The predicted molar refractivity (Wildman–Crippen MR) is 103 cm³/mol. The second-order valence-corrected chi connectivity index (χ2v) is 7.08. The van der Waals surface area contributed by atoms with Gasteiger partial charge in [0.15, 0.2) is 5.96 Å². The Kier molecular flexibility index (Phi) is 7.57. The van der Waals surface area contributed by atoms with Crippen LogP contribution < -0.4 is 10.6 Å². The summed E-state index contributed by atoms with van der Waals surface area (Å²) in [6, 6.07) is 9.81. The summed E-state index contributed by atoms with van der Waals surface area (Å²) in [5.74, 6) is 0.897. The Bertz CT molecular complexity index is 524. The van der Waals surface area contributed by atoms with Crippen LogP contribution in [-0.2, 0) is 13.1 Å². The first-order valence-corrected chi connectivity index (χ1v) is 9.45. The van der Waals surface area contributed by atoms with Gasteiger partial charge >= 0.3 is 0 Å². The van der Waals surface area contributed by atoms with Gasteiger partial charge in [-0.3, -0.25) is 4.90 Å². The number of hydrogen-bond donors (Lipinski definition) is 2. The number of nitrogens with one attached hydrogen (secondary N) is 2. The van der Waals surface area contributed by atoms with Crippen LogP contribution in [0.15, 0.2) is 29.3 Å². The highest BCUT2D eigenvalue weighted by atomic mass is 15.2. The van der Waals surface area contributed by atoms with Crippen LogP contribution in [0.5, 0.6) is 0 Å². The summed E-state index contributed by atoms with van der Waals surface area (Å²) in [5.41, 5.74) is 2.74. The van der Waals surface area contributed by atoms with Gasteiger partial charge in [0, 0.05) is 25.2 Å². The molecule has 24 heavy (non-hydrogen) atoms. The lowest BCUT2D eigenvalue weighted by atomic mass is 10.0. The third kappa shape index (κ3) is 5.82. The molecule has 0 spiro atoms. The first-order chi connectivity index (χ1) is 11.6. The molecule has 1 aromatic carbocycles. The van der Waals surface area contributed by atoms with Crippen molar-refractivity contribution in [3.8, 4) is 0 Å². The third-order valence-electron chi connectivity index (χ3n) is 4.61. The Morgan fingerprint density at radius 2 is 2.00 bits per heavy atom. The van der Waals surface area contributed by atoms with Gasteiger partial charge in [-0.15, -0.1) is 0 Å². The molecule has 1 atom stereocenters. The average Bonchev–Trinajstić information content (AvgIpc) is 2.55. The van der Waals surface area contributed by atoms with Gasteiger partial charge in [-0.25, -0.2) is 4.99 Å². The molecule has 1 unspecified atom stereocenters. The monoisotopic (exact) mass is 330 g/mol. The number of nitrogens with zero attached hydrogens (tertiary/aromatic N) is 2. The van der Waals surface area contributed by atoms with E-state index in [-0.39, 0.29) is 0 Å². The molecular weight excluding hydrogens is 296 g/mol. The number of rotatable bonds is 6. The largest absolute Gasteiger partial charge is 0.357 e. The first kappa shape index (κ1) is 18.8. The molecule has 4 nitrogen and oxygen atoms in total. The molecule has 1 aliphatic rings. The van der Waals surface area contributed by atoms with E-state index in [1.165, 1.54) is 36.9 Å². The van der Waals surface area contributed by atoms with Crippen molar-refractivity contribution < 1.29 is 0 Å². The molecule has 1 aliphatic heterocycles. The molecule has 1 heterocycles. The minimum atomic E-state index is 0.382. The van der Waals surface area contributed by atoms with Gasteiger partial charge < -0.3 is 10.6 Å². The molecular formula is C20H34N4. The fraction of sp³-hybridized carbons (Fsp3) is 0.650. The van der Waals surface area contributed by atoms with E-state index in [1.807, 2.05) is 0 Å². The van der Waals surface area contributed by atoms with Gasteiger partial charge in [0.05, 0.1) is 6.54 Å². The molecule has 1 fully saturated rings. The Hall–Kier alpha value is -1.55. The maximum Gasteiger partial charge on any atom is 0.191 e. The molecule has 0 aliphatic carbocycles. The summed E-state index contributed by atoms with van der Waals surface area (Å²) in [4.78, 5) is 7.39. The van der Waals surface area contributed by atoms with Crippen LogP contribution in [-0.4, -0.2) is 36.0 Å². The van der Waals surface area contributed by atoms with E-state index in [0.29, 0.717) is 12.1 Å². The van der Waals surface area contributed by atoms with E-state index in [0.717, 1.165) is 25.6 Å². The van der Waals surface area contributed by atoms with E-state index in [1.54, 1.807) is 0 Å². The highest BCUT2D eigenvalue weighted by Crippen LogP contribution is 2.21. The minimum absolute atomic E-state index is 0.382. The summed E-state index contributed by atoms with van der Waals surface area (Å²) >= 11 is 0. The van der Waals surface area contributed by atoms with Crippen molar-refractivity contribution >= 4 is 5.96 Å². The van der Waals surface area contributed by atoms with Crippen molar-refractivity contribution in [1.82, 2.24) is 15.5 Å². The van der Waals surface area contributed by atoms with Crippen LogP contribution in [0, 0.1) is 0 Å². The number of aliphatic imine (C=N–C) groups is 1. The van der Waals surface area contributed by atoms with Gasteiger partial charge in [0.2, 0.25) is 0 Å². The lowest BCUT2D eigenvalue weighted by Gasteiger charge is -2.33. The highest BCUT2D eigenvalue weighted by Gasteiger charge is 2.19. The van der Waals surface area contributed by atoms with Crippen LogP contribution >= 0.6 is 0 Å². The van der Waals surface area contributed by atoms with E-state index in [2.05, 4.69) is 67.5 Å². The fourth-order valence-corrected chi connectivity index (χ4v) is 3.23. The molecule has 134 valence electrons. The summed E-state index contributed by atoms with van der Waals surface area (Å²) < 4.78 is 0. The molecule has 4 heteroatoms. The van der Waals surface area contributed by atoms with Gasteiger partial charge in [0.25, 0.3) is 0 Å². The van der Waals surface area contributed by atoms with Crippen molar-refractivity contribution in [2.45, 2.75) is 72.1 Å². The van der Waals surface area contributed by atoms with E-state index in [4.69, 9.17) is 4.99 Å². The van der Waals surface area contributed by atoms with E-state index < -0.39 is 0 Å². The Morgan fingerprint density at radius 1 is 1.25 bits per heavy atom. The van der Waals surface area contributed by atoms with Gasteiger partial charge in [-0.05, 0) is 58.2 Å². The summed E-state index contributed by atoms with van der Waals surface area (Å²) in [6.07, 6.45) is 4.02. The smallest absolute Gasteiger partial charge is 0.191 e. The molecule has 0 saturated carbocycles. The van der Waals surface area contributed by atoms with Crippen molar-refractivity contribution in [2.75, 3.05) is 13.1 Å². The predicted octanol–water partition coefficient (Wildman–Crippen LogP) is 3.52. The standard InChI is InChI=1S/C20H34N4/c1-5-21-20(23-16(2)3)22-14-18-11-6-7-12-19(18)15-24-13-9-8-10-17(24)4/h6-7,11-12,16-17H,5,8-10,13-15H2,1-4H3,(H2,21,22,23). The summed E-state index contributed by atoms with van der Waals surface area (Å²) in [5, 5.41) is 6.71. The van der Waals surface area contributed by atoms with Crippen molar-refractivity contribution in [3.63, 3.8) is 0 Å². The minimum Gasteiger partial charge on any atom is -0.357 e. The molecule has 0 aromatic heterocycles. The Balaban J connectivity index is 2.07. The zero-order valence-electron chi connectivity index (χ0n) is 15.8. The lowest BCUT2D eigenvalue weighted by molar-refractivity contribution is 0.152. The molecule has 2 N–H and O–H groups in total. The second-order valence-electron chi connectivity index (χ2n) is 7.08. The average molecular weight is 331 g/mol. The third-order valence-corrected chi connectivity index (χ3v) is 4.61. The molecule has 0 radical (unpaired) electrons. The van der Waals surface area contributed by atoms with Crippen LogP contribution in [0.1, 0.15) is 58.1 Å². The molecule has 1 aromatic rings. The summed E-state index contributed by atoms with van der Waals surface area (Å²) in [7, 11) is 0. The molecule has 2 rings (SSSR count). The van der Waals surface area contributed by atoms with Gasteiger partial charge in [-0.1, -0.05) is 30.7 Å². The zero-order valence-corrected chi connectivity index (χ0v) is 15.8. The quantitative estimate of drug-likeness (QED) is 0.619. The SMILES string of the molecule is CCNC(=NCc1ccccc1CN1CCCCC1C)NC(C)C. The number of hydrogen-bond acceptors (Lipinski definition) is 2. The van der Waals surface area contributed by atoms with Crippen molar-refractivity contribution in [2.24, 2.45) is 4.99 Å². The van der Waals surface area contributed by atoms with Crippen LogP contribution in [0.25, 0.3) is 0 Å². The van der Waals surface area contributed by atoms with E-state index in [9.17, 15) is 0 Å². The Labute approximate surface area is 147 Å². The normalized spacial score (nSPS) is 19.5. The molecule has 1 saturated heterocycles. The maximum absolute atomic E-state index is 4.77. The number of piperidine rings is 1. The molecule has 0 amide bonds. The topological polar surface area (TPSA) is 39.7 Å². The van der Waals surface area contributed by atoms with Gasteiger partial charge in [0.1, 0.15) is 0 Å². The second kappa shape index (κ2) is 9.67. The zero-order chi connectivity index (χ0) is 17.4. The fourth-order valence-electron chi connectivity index (χ4n) is 3.23. The van der Waals surface area contributed by atoms with Crippen LogP contribution in [0.4, 0.5) is 0 Å². The first-order valence-electron chi connectivity index (χ1n) is 9.45. The van der Waals surface area contributed by atoms with Crippen molar-refractivity contribution in [1.29, 1.82) is 0 Å². The Morgan fingerprint density at radius 3 is 2.67 bits per heavy atom. The number of benzene rings is 1.